The van der Waals surface area contributed by atoms with Crippen LogP contribution in [0, 0.1) is 12.8 Å². The fourth-order valence-corrected chi connectivity index (χ4v) is 3.09. The fraction of sp³-hybridized carbons (Fsp3) is 0.333. The Kier molecular flexibility index (Phi) is 4.55. The quantitative estimate of drug-likeness (QED) is 0.924. The SMILES string of the molecule is CNCC1COc2ccccc2C1Oc1ccc(C)cc1Cl. The average molecular weight is 318 g/mol. The highest BCUT2D eigenvalue weighted by Gasteiger charge is 2.32. The van der Waals surface area contributed by atoms with Gasteiger partial charge in [0.25, 0.3) is 0 Å². The summed E-state index contributed by atoms with van der Waals surface area (Å²) in [5, 5.41) is 3.86. The van der Waals surface area contributed by atoms with E-state index < -0.39 is 0 Å². The van der Waals surface area contributed by atoms with Gasteiger partial charge in [-0.15, -0.1) is 0 Å². The lowest BCUT2D eigenvalue weighted by Gasteiger charge is -2.34. The predicted molar refractivity (Wildman–Crippen MR) is 88.9 cm³/mol. The summed E-state index contributed by atoms with van der Waals surface area (Å²) in [4.78, 5) is 0. The fourth-order valence-electron chi connectivity index (χ4n) is 2.81. The van der Waals surface area contributed by atoms with Gasteiger partial charge in [-0.1, -0.05) is 35.9 Å². The van der Waals surface area contributed by atoms with Crippen molar-refractivity contribution in [2.75, 3.05) is 20.2 Å². The topological polar surface area (TPSA) is 30.5 Å². The highest BCUT2D eigenvalue weighted by molar-refractivity contribution is 6.32. The molecule has 2 aromatic rings. The maximum Gasteiger partial charge on any atom is 0.138 e. The summed E-state index contributed by atoms with van der Waals surface area (Å²) in [6.45, 7) is 3.47. The third kappa shape index (κ3) is 3.06. The Morgan fingerprint density at radius 3 is 2.86 bits per heavy atom. The van der Waals surface area contributed by atoms with Crippen molar-refractivity contribution in [3.05, 3.63) is 58.6 Å². The summed E-state index contributed by atoms with van der Waals surface area (Å²) in [5.74, 6) is 1.84. The molecule has 3 rings (SSSR count). The summed E-state index contributed by atoms with van der Waals surface area (Å²) in [6.07, 6.45) is -0.0717. The van der Waals surface area contributed by atoms with Crippen LogP contribution in [-0.4, -0.2) is 20.2 Å². The Labute approximate surface area is 136 Å². The number of fused-ring (bicyclic) bond motifs is 1. The minimum Gasteiger partial charge on any atom is -0.493 e. The van der Waals surface area contributed by atoms with Crippen LogP contribution in [0.3, 0.4) is 0 Å². The first-order valence-corrected chi connectivity index (χ1v) is 7.86. The van der Waals surface area contributed by atoms with Gasteiger partial charge in [0.05, 0.1) is 11.6 Å². The molecule has 1 aliphatic heterocycles. The lowest BCUT2D eigenvalue weighted by Crippen LogP contribution is -2.35. The molecule has 2 atom stereocenters. The van der Waals surface area contributed by atoms with E-state index in [-0.39, 0.29) is 12.0 Å². The van der Waals surface area contributed by atoms with Crippen LogP contribution < -0.4 is 14.8 Å². The minimum atomic E-state index is -0.0717. The van der Waals surface area contributed by atoms with Gasteiger partial charge >= 0.3 is 0 Å². The van der Waals surface area contributed by atoms with E-state index in [1.54, 1.807) is 0 Å². The number of benzene rings is 2. The number of halogens is 1. The molecule has 1 heterocycles. The van der Waals surface area contributed by atoms with Gasteiger partial charge in [-0.25, -0.2) is 0 Å². The summed E-state index contributed by atoms with van der Waals surface area (Å²) in [5.41, 5.74) is 2.20. The lowest BCUT2D eigenvalue weighted by molar-refractivity contribution is 0.0705. The normalized spacial score (nSPS) is 20.1. The van der Waals surface area contributed by atoms with Gasteiger partial charge in [0.1, 0.15) is 17.6 Å². The number of para-hydroxylation sites is 1. The Balaban J connectivity index is 1.93. The zero-order valence-corrected chi connectivity index (χ0v) is 13.6. The first-order chi connectivity index (χ1) is 10.7. The van der Waals surface area contributed by atoms with E-state index in [9.17, 15) is 0 Å². The number of nitrogens with one attached hydrogen (secondary N) is 1. The molecule has 0 saturated heterocycles. The van der Waals surface area contributed by atoms with Crippen molar-refractivity contribution < 1.29 is 9.47 Å². The Hall–Kier alpha value is -1.71. The minimum absolute atomic E-state index is 0.0717. The van der Waals surface area contributed by atoms with Crippen LogP contribution >= 0.6 is 11.6 Å². The molecule has 2 unspecified atom stereocenters. The molecule has 3 nitrogen and oxygen atoms in total. The van der Waals surface area contributed by atoms with Crippen molar-refractivity contribution in [3.8, 4) is 11.5 Å². The first kappa shape index (κ1) is 15.2. The highest BCUT2D eigenvalue weighted by Crippen LogP contribution is 2.40. The predicted octanol–water partition coefficient (Wildman–Crippen LogP) is 4.00. The lowest BCUT2D eigenvalue weighted by atomic mass is 9.93. The molecule has 0 spiro atoms. The second-order valence-corrected chi connectivity index (χ2v) is 6.05. The summed E-state index contributed by atoms with van der Waals surface area (Å²) >= 11 is 6.33. The Morgan fingerprint density at radius 2 is 2.09 bits per heavy atom. The summed E-state index contributed by atoms with van der Waals surface area (Å²) in [7, 11) is 1.94. The van der Waals surface area contributed by atoms with E-state index in [0.717, 1.165) is 29.2 Å². The Morgan fingerprint density at radius 1 is 1.27 bits per heavy atom. The molecular weight excluding hydrogens is 298 g/mol. The summed E-state index contributed by atoms with van der Waals surface area (Å²) in [6, 6.07) is 13.9. The van der Waals surface area contributed by atoms with Crippen LogP contribution in [0.2, 0.25) is 5.02 Å². The zero-order chi connectivity index (χ0) is 15.5. The van der Waals surface area contributed by atoms with E-state index in [2.05, 4.69) is 11.4 Å². The number of rotatable bonds is 4. The number of hydrogen-bond donors (Lipinski definition) is 1. The molecular formula is C18H20ClNO2. The first-order valence-electron chi connectivity index (χ1n) is 7.48. The summed E-state index contributed by atoms with van der Waals surface area (Å²) < 4.78 is 12.1. The molecule has 0 radical (unpaired) electrons. The third-order valence-corrected chi connectivity index (χ3v) is 4.21. The largest absolute Gasteiger partial charge is 0.493 e. The van der Waals surface area contributed by atoms with Crippen LogP contribution in [0.1, 0.15) is 17.2 Å². The van der Waals surface area contributed by atoms with Gasteiger partial charge in [-0.05, 0) is 37.7 Å². The van der Waals surface area contributed by atoms with Crippen LogP contribution in [0.15, 0.2) is 42.5 Å². The van der Waals surface area contributed by atoms with Crippen molar-refractivity contribution in [2.45, 2.75) is 13.0 Å². The molecule has 4 heteroatoms. The molecule has 116 valence electrons. The van der Waals surface area contributed by atoms with Crippen LogP contribution in [0.5, 0.6) is 11.5 Å². The maximum atomic E-state index is 6.33. The van der Waals surface area contributed by atoms with Gasteiger partial charge in [0, 0.05) is 18.0 Å². The molecule has 0 aliphatic carbocycles. The van der Waals surface area contributed by atoms with Crippen molar-refractivity contribution in [1.29, 1.82) is 0 Å². The molecule has 2 aromatic carbocycles. The number of ether oxygens (including phenoxy) is 2. The second kappa shape index (κ2) is 6.59. The molecule has 22 heavy (non-hydrogen) atoms. The second-order valence-electron chi connectivity index (χ2n) is 5.64. The van der Waals surface area contributed by atoms with Crippen LogP contribution in [0.4, 0.5) is 0 Å². The molecule has 1 N–H and O–H groups in total. The molecule has 0 saturated carbocycles. The van der Waals surface area contributed by atoms with Gasteiger partial charge in [-0.3, -0.25) is 0 Å². The third-order valence-electron chi connectivity index (χ3n) is 3.91. The molecule has 0 aromatic heterocycles. The zero-order valence-electron chi connectivity index (χ0n) is 12.8. The van der Waals surface area contributed by atoms with E-state index in [4.69, 9.17) is 21.1 Å². The monoisotopic (exact) mass is 317 g/mol. The van der Waals surface area contributed by atoms with Gasteiger partial charge in [-0.2, -0.15) is 0 Å². The standard InChI is InChI=1S/C18H20ClNO2/c1-12-7-8-17(15(19)9-12)22-18-13(10-20-2)11-21-16-6-4-3-5-14(16)18/h3-9,13,18,20H,10-11H2,1-2H3. The van der Waals surface area contributed by atoms with E-state index in [1.165, 1.54) is 0 Å². The van der Waals surface area contributed by atoms with Crippen molar-refractivity contribution in [2.24, 2.45) is 5.92 Å². The maximum absolute atomic E-state index is 6.33. The van der Waals surface area contributed by atoms with Gasteiger partial charge < -0.3 is 14.8 Å². The van der Waals surface area contributed by atoms with Crippen LogP contribution in [0.25, 0.3) is 0 Å². The smallest absolute Gasteiger partial charge is 0.138 e. The Bertz CT molecular complexity index is 659. The van der Waals surface area contributed by atoms with Gasteiger partial charge in [0.15, 0.2) is 0 Å². The average Bonchev–Trinajstić information content (AvgIpc) is 2.52. The highest BCUT2D eigenvalue weighted by atomic mass is 35.5. The number of hydrogen-bond acceptors (Lipinski definition) is 3. The van der Waals surface area contributed by atoms with Crippen molar-refractivity contribution >= 4 is 11.6 Å². The van der Waals surface area contributed by atoms with E-state index >= 15 is 0 Å². The molecule has 1 aliphatic rings. The van der Waals surface area contributed by atoms with Crippen LogP contribution in [-0.2, 0) is 0 Å². The van der Waals surface area contributed by atoms with E-state index in [0.29, 0.717) is 11.6 Å². The van der Waals surface area contributed by atoms with Crippen molar-refractivity contribution in [1.82, 2.24) is 5.32 Å². The van der Waals surface area contributed by atoms with Gasteiger partial charge in [0.2, 0.25) is 0 Å². The molecule has 0 amide bonds. The molecule has 0 bridgehead atoms. The van der Waals surface area contributed by atoms with E-state index in [1.807, 2.05) is 50.4 Å². The number of aryl methyl sites for hydroxylation is 1. The van der Waals surface area contributed by atoms with Crippen molar-refractivity contribution in [3.63, 3.8) is 0 Å². The molecule has 0 fully saturated rings.